The van der Waals surface area contributed by atoms with Crippen LogP contribution in [0.4, 0.5) is 0 Å². The standard InChI is InChI=1S/C18H27N/c1-5-9-14(3)13-18(4,6-2)17-12-15-10-7-8-11-16(15)19-17/h7-8,10-12,14,19H,5-6,9,13H2,1-4H3. The molecule has 0 bridgehead atoms. The molecule has 2 unspecified atom stereocenters. The highest BCUT2D eigenvalue weighted by Gasteiger charge is 2.28. The lowest BCUT2D eigenvalue weighted by atomic mass is 9.75. The van der Waals surface area contributed by atoms with Crippen molar-refractivity contribution >= 4 is 10.9 Å². The second-order valence-corrected chi connectivity index (χ2v) is 6.28. The van der Waals surface area contributed by atoms with E-state index in [2.05, 4.69) is 63.0 Å². The molecule has 2 rings (SSSR count). The second kappa shape index (κ2) is 5.81. The molecule has 0 aliphatic carbocycles. The van der Waals surface area contributed by atoms with Crippen LogP contribution in [0, 0.1) is 5.92 Å². The van der Waals surface area contributed by atoms with E-state index in [0.717, 1.165) is 5.92 Å². The fourth-order valence-corrected chi connectivity index (χ4v) is 3.21. The molecule has 0 amide bonds. The van der Waals surface area contributed by atoms with Crippen molar-refractivity contribution in [3.63, 3.8) is 0 Å². The molecule has 0 saturated heterocycles. The molecule has 1 N–H and O–H groups in total. The SMILES string of the molecule is CCCC(C)CC(C)(CC)c1cc2ccccc2[nH]1. The second-order valence-electron chi connectivity index (χ2n) is 6.28. The molecule has 0 fully saturated rings. The average molecular weight is 257 g/mol. The van der Waals surface area contributed by atoms with Gasteiger partial charge in [-0.3, -0.25) is 0 Å². The number of aromatic amines is 1. The van der Waals surface area contributed by atoms with E-state index in [4.69, 9.17) is 0 Å². The topological polar surface area (TPSA) is 15.8 Å². The van der Waals surface area contributed by atoms with Crippen molar-refractivity contribution < 1.29 is 0 Å². The van der Waals surface area contributed by atoms with Crippen LogP contribution in [0.25, 0.3) is 10.9 Å². The maximum atomic E-state index is 3.63. The molecular weight excluding hydrogens is 230 g/mol. The van der Waals surface area contributed by atoms with Gasteiger partial charge in [-0.15, -0.1) is 0 Å². The largest absolute Gasteiger partial charge is 0.358 e. The molecule has 1 nitrogen and oxygen atoms in total. The molecule has 104 valence electrons. The fourth-order valence-electron chi connectivity index (χ4n) is 3.21. The first kappa shape index (κ1) is 14.2. The predicted octanol–water partition coefficient (Wildman–Crippen LogP) is 5.66. The first-order valence-electron chi connectivity index (χ1n) is 7.67. The summed E-state index contributed by atoms with van der Waals surface area (Å²) < 4.78 is 0. The van der Waals surface area contributed by atoms with E-state index in [-0.39, 0.29) is 5.41 Å². The van der Waals surface area contributed by atoms with Crippen LogP contribution in [0.2, 0.25) is 0 Å². The number of fused-ring (bicyclic) bond motifs is 1. The number of aromatic nitrogens is 1. The highest BCUT2D eigenvalue weighted by atomic mass is 14.7. The zero-order chi connectivity index (χ0) is 13.9. The zero-order valence-electron chi connectivity index (χ0n) is 12.8. The van der Waals surface area contributed by atoms with Crippen LogP contribution in [0.3, 0.4) is 0 Å². The molecule has 0 saturated carbocycles. The molecule has 0 spiro atoms. The van der Waals surface area contributed by atoms with Crippen LogP contribution in [-0.4, -0.2) is 4.98 Å². The van der Waals surface area contributed by atoms with Gasteiger partial charge in [-0.05, 0) is 36.3 Å². The number of para-hydroxylation sites is 1. The summed E-state index contributed by atoms with van der Waals surface area (Å²) in [5, 5.41) is 1.33. The lowest BCUT2D eigenvalue weighted by molar-refractivity contribution is 0.323. The van der Waals surface area contributed by atoms with Gasteiger partial charge in [0, 0.05) is 16.6 Å². The zero-order valence-corrected chi connectivity index (χ0v) is 12.8. The van der Waals surface area contributed by atoms with Crippen LogP contribution in [-0.2, 0) is 5.41 Å². The number of rotatable bonds is 6. The van der Waals surface area contributed by atoms with Gasteiger partial charge in [-0.2, -0.15) is 0 Å². The monoisotopic (exact) mass is 257 g/mol. The molecule has 0 aliphatic rings. The van der Waals surface area contributed by atoms with Gasteiger partial charge in [0.2, 0.25) is 0 Å². The van der Waals surface area contributed by atoms with Crippen molar-refractivity contribution in [1.82, 2.24) is 4.98 Å². The number of H-pyrrole nitrogens is 1. The van der Waals surface area contributed by atoms with E-state index in [1.807, 2.05) is 0 Å². The third-order valence-electron chi connectivity index (χ3n) is 4.54. The quantitative estimate of drug-likeness (QED) is 0.687. The molecule has 19 heavy (non-hydrogen) atoms. The van der Waals surface area contributed by atoms with Crippen LogP contribution in [0.1, 0.15) is 59.1 Å². The van der Waals surface area contributed by atoms with Crippen molar-refractivity contribution in [2.75, 3.05) is 0 Å². The predicted molar refractivity (Wildman–Crippen MR) is 84.6 cm³/mol. The Bertz CT molecular complexity index is 492. The van der Waals surface area contributed by atoms with Crippen LogP contribution in [0.5, 0.6) is 0 Å². The van der Waals surface area contributed by atoms with Gasteiger partial charge >= 0.3 is 0 Å². The number of hydrogen-bond acceptors (Lipinski definition) is 0. The van der Waals surface area contributed by atoms with E-state index < -0.39 is 0 Å². The maximum absolute atomic E-state index is 3.63. The Morgan fingerprint density at radius 2 is 1.95 bits per heavy atom. The Kier molecular flexibility index (Phi) is 4.34. The van der Waals surface area contributed by atoms with E-state index in [1.165, 1.54) is 42.3 Å². The third-order valence-corrected chi connectivity index (χ3v) is 4.54. The van der Waals surface area contributed by atoms with Crippen LogP contribution >= 0.6 is 0 Å². The molecule has 0 aliphatic heterocycles. The van der Waals surface area contributed by atoms with Crippen molar-refractivity contribution in [2.24, 2.45) is 5.92 Å². The molecule has 0 radical (unpaired) electrons. The number of hydrogen-bond donors (Lipinski definition) is 1. The Balaban J connectivity index is 2.29. The molecule has 1 aromatic carbocycles. The van der Waals surface area contributed by atoms with E-state index in [1.54, 1.807) is 0 Å². The first-order chi connectivity index (χ1) is 9.09. The smallest absolute Gasteiger partial charge is 0.0456 e. The Morgan fingerprint density at radius 1 is 1.21 bits per heavy atom. The van der Waals surface area contributed by atoms with Crippen molar-refractivity contribution in [3.05, 3.63) is 36.0 Å². The van der Waals surface area contributed by atoms with Crippen molar-refractivity contribution in [2.45, 2.75) is 58.8 Å². The lowest BCUT2D eigenvalue weighted by Crippen LogP contribution is -2.24. The summed E-state index contributed by atoms with van der Waals surface area (Å²) in [4.78, 5) is 3.63. The highest BCUT2D eigenvalue weighted by molar-refractivity contribution is 5.80. The van der Waals surface area contributed by atoms with Gasteiger partial charge in [0.15, 0.2) is 0 Å². The van der Waals surface area contributed by atoms with Gasteiger partial charge in [-0.1, -0.05) is 58.7 Å². The highest BCUT2D eigenvalue weighted by Crippen LogP contribution is 2.36. The lowest BCUT2D eigenvalue weighted by Gasteiger charge is -2.30. The van der Waals surface area contributed by atoms with Gasteiger partial charge < -0.3 is 4.98 Å². The van der Waals surface area contributed by atoms with E-state index in [9.17, 15) is 0 Å². The first-order valence-corrected chi connectivity index (χ1v) is 7.67. The number of benzene rings is 1. The Hall–Kier alpha value is -1.24. The van der Waals surface area contributed by atoms with Gasteiger partial charge in [0.05, 0.1) is 0 Å². The minimum Gasteiger partial charge on any atom is -0.358 e. The van der Waals surface area contributed by atoms with Gasteiger partial charge in [-0.25, -0.2) is 0 Å². The summed E-state index contributed by atoms with van der Waals surface area (Å²) in [6.07, 6.45) is 5.07. The summed E-state index contributed by atoms with van der Waals surface area (Å²) in [5.41, 5.74) is 2.94. The molecular formula is C18H27N. The van der Waals surface area contributed by atoms with E-state index >= 15 is 0 Å². The molecule has 1 heterocycles. The Labute approximate surface area is 117 Å². The molecule has 2 atom stereocenters. The minimum absolute atomic E-state index is 0.271. The summed E-state index contributed by atoms with van der Waals surface area (Å²) in [7, 11) is 0. The van der Waals surface area contributed by atoms with Crippen molar-refractivity contribution in [3.8, 4) is 0 Å². The number of nitrogens with one attached hydrogen (secondary N) is 1. The summed E-state index contributed by atoms with van der Waals surface area (Å²) in [5.74, 6) is 0.793. The maximum Gasteiger partial charge on any atom is 0.0456 e. The fraction of sp³-hybridized carbons (Fsp3) is 0.556. The van der Waals surface area contributed by atoms with Crippen molar-refractivity contribution in [1.29, 1.82) is 0 Å². The summed E-state index contributed by atoms with van der Waals surface area (Å²) >= 11 is 0. The van der Waals surface area contributed by atoms with Gasteiger partial charge in [0.1, 0.15) is 0 Å². The summed E-state index contributed by atoms with van der Waals surface area (Å²) in [6, 6.07) is 10.9. The normalized spacial score (nSPS) is 16.4. The minimum atomic E-state index is 0.271. The molecule has 2 aromatic rings. The van der Waals surface area contributed by atoms with Crippen LogP contribution < -0.4 is 0 Å². The molecule has 1 heteroatoms. The van der Waals surface area contributed by atoms with E-state index in [0.29, 0.717) is 0 Å². The van der Waals surface area contributed by atoms with Crippen LogP contribution in [0.15, 0.2) is 30.3 Å². The summed E-state index contributed by atoms with van der Waals surface area (Å²) in [6.45, 7) is 9.39. The molecule has 1 aromatic heterocycles. The van der Waals surface area contributed by atoms with Gasteiger partial charge in [0.25, 0.3) is 0 Å². The third kappa shape index (κ3) is 3.02. The Morgan fingerprint density at radius 3 is 2.58 bits per heavy atom. The average Bonchev–Trinajstić information content (AvgIpc) is 2.83.